The van der Waals surface area contributed by atoms with Crippen molar-refractivity contribution in [1.82, 2.24) is 15.3 Å². The van der Waals surface area contributed by atoms with Gasteiger partial charge in [0, 0.05) is 47.5 Å². The van der Waals surface area contributed by atoms with Crippen molar-refractivity contribution in [3.8, 4) is 0 Å². The largest absolute Gasteiger partial charge is 0.352 e. The Morgan fingerprint density at radius 3 is 3.00 bits per heavy atom. The fourth-order valence-electron chi connectivity index (χ4n) is 3.46. The molecule has 1 aliphatic heterocycles. The topological polar surface area (TPSA) is 78.1 Å². The molecule has 0 radical (unpaired) electrons. The number of hydrogen-bond acceptors (Lipinski definition) is 3. The lowest BCUT2D eigenvalue weighted by Crippen LogP contribution is -2.30. The highest BCUT2D eigenvalue weighted by atomic mass is 79.9. The van der Waals surface area contributed by atoms with E-state index in [2.05, 4.69) is 37.3 Å². The smallest absolute Gasteiger partial charge is 0.253 e. The quantitative estimate of drug-likeness (QED) is 0.613. The van der Waals surface area contributed by atoms with E-state index in [0.29, 0.717) is 30.6 Å². The van der Waals surface area contributed by atoms with Gasteiger partial charge in [-0.2, -0.15) is 0 Å². The van der Waals surface area contributed by atoms with Gasteiger partial charge in [0.15, 0.2) is 0 Å². The summed E-state index contributed by atoms with van der Waals surface area (Å²) in [5.74, 6) is -0.0674. The number of aromatic nitrogens is 2. The van der Waals surface area contributed by atoms with Gasteiger partial charge in [-0.05, 0) is 46.5 Å². The van der Waals surface area contributed by atoms with Crippen LogP contribution in [-0.4, -0.2) is 34.9 Å². The zero-order chi connectivity index (χ0) is 18.8. The van der Waals surface area contributed by atoms with Crippen LogP contribution in [0.1, 0.15) is 28.8 Å². The SMILES string of the molecule is O=C(NCCCC(=O)N1CCc2ccccc21)c1c[nH]c2nccc(Br)c12. The van der Waals surface area contributed by atoms with Crippen LogP contribution in [0.3, 0.4) is 0 Å². The molecular weight excluding hydrogens is 408 g/mol. The number of hydrogen-bond donors (Lipinski definition) is 2. The Bertz CT molecular complexity index is 1010. The molecule has 138 valence electrons. The van der Waals surface area contributed by atoms with Gasteiger partial charge in [0.1, 0.15) is 5.65 Å². The molecule has 2 aromatic heterocycles. The number of amides is 2. The molecule has 0 spiro atoms. The molecule has 4 rings (SSSR count). The monoisotopic (exact) mass is 426 g/mol. The zero-order valence-electron chi connectivity index (χ0n) is 14.7. The molecule has 0 unspecified atom stereocenters. The zero-order valence-corrected chi connectivity index (χ0v) is 16.3. The van der Waals surface area contributed by atoms with Crippen LogP contribution >= 0.6 is 15.9 Å². The summed E-state index contributed by atoms with van der Waals surface area (Å²) in [6.45, 7) is 1.19. The lowest BCUT2D eigenvalue weighted by Gasteiger charge is -2.17. The fraction of sp³-hybridized carbons (Fsp3) is 0.250. The molecular formula is C20H19BrN4O2. The lowest BCUT2D eigenvalue weighted by atomic mass is 10.2. The molecule has 7 heteroatoms. The van der Waals surface area contributed by atoms with Crippen molar-refractivity contribution in [2.24, 2.45) is 0 Å². The molecule has 3 heterocycles. The van der Waals surface area contributed by atoms with E-state index in [4.69, 9.17) is 0 Å². The average Bonchev–Trinajstić information content (AvgIpc) is 3.30. The number of benzene rings is 1. The number of para-hydroxylation sites is 1. The van der Waals surface area contributed by atoms with Crippen molar-refractivity contribution in [1.29, 1.82) is 0 Å². The van der Waals surface area contributed by atoms with Crippen LogP contribution in [0.4, 0.5) is 5.69 Å². The van der Waals surface area contributed by atoms with Crippen LogP contribution < -0.4 is 10.2 Å². The third-order valence-electron chi connectivity index (χ3n) is 4.81. The first kappa shape index (κ1) is 17.7. The van der Waals surface area contributed by atoms with Crippen LogP contribution in [0.15, 0.2) is 47.2 Å². The van der Waals surface area contributed by atoms with Gasteiger partial charge in [0.2, 0.25) is 5.91 Å². The Morgan fingerprint density at radius 2 is 2.11 bits per heavy atom. The van der Waals surface area contributed by atoms with Crippen molar-refractivity contribution in [3.05, 3.63) is 58.3 Å². The standard InChI is InChI=1S/C20H19BrN4O2/c21-15-7-10-22-19-18(15)14(12-24-19)20(27)23-9-3-6-17(26)25-11-8-13-4-1-2-5-16(13)25/h1-2,4-5,7,10,12H,3,6,8-9,11H2,(H,22,24)(H,23,27). The van der Waals surface area contributed by atoms with Crippen molar-refractivity contribution in [3.63, 3.8) is 0 Å². The molecule has 0 bridgehead atoms. The minimum atomic E-state index is -0.172. The number of pyridine rings is 1. The second-order valence-corrected chi connectivity index (χ2v) is 7.36. The summed E-state index contributed by atoms with van der Waals surface area (Å²) in [5, 5.41) is 3.65. The fourth-order valence-corrected chi connectivity index (χ4v) is 3.98. The maximum atomic E-state index is 12.5. The van der Waals surface area contributed by atoms with E-state index in [9.17, 15) is 9.59 Å². The molecule has 2 N–H and O–H groups in total. The van der Waals surface area contributed by atoms with Crippen molar-refractivity contribution < 1.29 is 9.59 Å². The van der Waals surface area contributed by atoms with Crippen molar-refractivity contribution in [2.45, 2.75) is 19.3 Å². The number of anilines is 1. The van der Waals surface area contributed by atoms with Gasteiger partial charge < -0.3 is 15.2 Å². The highest BCUT2D eigenvalue weighted by Crippen LogP contribution is 2.28. The maximum absolute atomic E-state index is 12.5. The van der Waals surface area contributed by atoms with Gasteiger partial charge >= 0.3 is 0 Å². The van der Waals surface area contributed by atoms with Crippen LogP contribution in [0, 0.1) is 0 Å². The number of carbonyl (C=O) groups excluding carboxylic acids is 2. The first-order valence-corrected chi connectivity index (χ1v) is 9.72. The Morgan fingerprint density at radius 1 is 1.26 bits per heavy atom. The van der Waals surface area contributed by atoms with Crippen LogP contribution in [-0.2, 0) is 11.2 Å². The Balaban J connectivity index is 1.31. The summed E-state index contributed by atoms with van der Waals surface area (Å²) in [4.78, 5) is 34.0. The van der Waals surface area contributed by atoms with E-state index < -0.39 is 0 Å². The molecule has 1 aromatic carbocycles. The van der Waals surface area contributed by atoms with Crippen LogP contribution in [0.2, 0.25) is 0 Å². The molecule has 27 heavy (non-hydrogen) atoms. The number of aromatic amines is 1. The summed E-state index contributed by atoms with van der Waals surface area (Å²) < 4.78 is 0.821. The third kappa shape index (κ3) is 3.47. The highest BCUT2D eigenvalue weighted by molar-refractivity contribution is 9.10. The molecule has 0 aliphatic carbocycles. The normalized spacial score (nSPS) is 13.0. The van der Waals surface area contributed by atoms with Gasteiger partial charge in [-0.1, -0.05) is 18.2 Å². The number of rotatable bonds is 5. The Hall–Kier alpha value is -2.67. The predicted octanol–water partition coefficient (Wildman–Crippen LogP) is 3.42. The van der Waals surface area contributed by atoms with E-state index >= 15 is 0 Å². The van der Waals surface area contributed by atoms with E-state index in [0.717, 1.165) is 28.5 Å². The summed E-state index contributed by atoms with van der Waals surface area (Å²) in [6, 6.07) is 9.82. The predicted molar refractivity (Wildman–Crippen MR) is 108 cm³/mol. The van der Waals surface area contributed by atoms with Gasteiger partial charge in [0.05, 0.1) is 5.56 Å². The number of nitrogens with zero attached hydrogens (tertiary/aromatic N) is 2. The first-order chi connectivity index (χ1) is 13.1. The van der Waals surface area contributed by atoms with E-state index in [1.54, 1.807) is 18.5 Å². The van der Waals surface area contributed by atoms with Gasteiger partial charge in [-0.15, -0.1) is 0 Å². The summed E-state index contributed by atoms with van der Waals surface area (Å²) in [7, 11) is 0. The minimum absolute atomic E-state index is 0.105. The second-order valence-electron chi connectivity index (χ2n) is 6.50. The van der Waals surface area contributed by atoms with Crippen LogP contribution in [0.5, 0.6) is 0 Å². The highest BCUT2D eigenvalue weighted by Gasteiger charge is 2.23. The Labute approximate surface area is 165 Å². The van der Waals surface area contributed by atoms with Gasteiger partial charge in [0.25, 0.3) is 5.91 Å². The van der Waals surface area contributed by atoms with E-state index in [1.165, 1.54) is 5.56 Å². The first-order valence-electron chi connectivity index (χ1n) is 8.93. The molecule has 2 amide bonds. The summed E-state index contributed by atoms with van der Waals surface area (Å²) >= 11 is 3.46. The number of carbonyl (C=O) groups is 2. The van der Waals surface area contributed by atoms with E-state index in [-0.39, 0.29) is 11.8 Å². The van der Waals surface area contributed by atoms with Crippen molar-refractivity contribution in [2.75, 3.05) is 18.0 Å². The number of fused-ring (bicyclic) bond motifs is 2. The molecule has 6 nitrogen and oxygen atoms in total. The van der Waals surface area contributed by atoms with Crippen molar-refractivity contribution >= 4 is 44.5 Å². The molecule has 1 aliphatic rings. The van der Waals surface area contributed by atoms with E-state index in [1.807, 2.05) is 23.1 Å². The molecule has 0 saturated carbocycles. The lowest BCUT2D eigenvalue weighted by molar-refractivity contribution is -0.118. The minimum Gasteiger partial charge on any atom is -0.352 e. The molecule has 0 fully saturated rings. The summed E-state index contributed by atoms with van der Waals surface area (Å²) in [6.07, 6.45) is 5.25. The second kappa shape index (κ2) is 7.52. The van der Waals surface area contributed by atoms with Crippen LogP contribution in [0.25, 0.3) is 11.0 Å². The third-order valence-corrected chi connectivity index (χ3v) is 5.47. The molecule has 0 saturated heterocycles. The molecule has 3 aromatic rings. The number of halogens is 1. The summed E-state index contributed by atoms with van der Waals surface area (Å²) in [5.41, 5.74) is 3.45. The maximum Gasteiger partial charge on any atom is 0.253 e. The number of H-pyrrole nitrogens is 1. The van der Waals surface area contributed by atoms with Gasteiger partial charge in [-0.3, -0.25) is 9.59 Å². The Kier molecular flexibility index (Phi) is 4.94. The average molecular weight is 427 g/mol. The number of nitrogens with one attached hydrogen (secondary N) is 2. The van der Waals surface area contributed by atoms with Gasteiger partial charge in [-0.25, -0.2) is 4.98 Å². The molecule has 0 atom stereocenters.